The fraction of sp³-hybridized carbons (Fsp3) is 0.786. The van der Waals surface area contributed by atoms with Crippen LogP contribution in [0.25, 0.3) is 0 Å². The smallest absolute Gasteiger partial charge is 0.287 e. The van der Waals surface area contributed by atoms with Crippen molar-refractivity contribution in [3.8, 4) is 0 Å². The van der Waals surface area contributed by atoms with Gasteiger partial charge in [-0.15, -0.1) is 5.10 Å². The number of nitrogens with two attached hydrogens (primary N) is 1. The van der Waals surface area contributed by atoms with Crippen molar-refractivity contribution >= 4 is 5.91 Å². The molecule has 2 bridgehead atoms. The number of rotatable bonds is 6. The first-order valence-corrected chi connectivity index (χ1v) is 7.75. The Morgan fingerprint density at radius 2 is 2.38 bits per heavy atom. The Hall–Kier alpha value is -1.47. The van der Waals surface area contributed by atoms with Crippen LogP contribution in [0.1, 0.15) is 36.2 Å². The summed E-state index contributed by atoms with van der Waals surface area (Å²) in [6.07, 6.45) is 7.39. The lowest BCUT2D eigenvalue weighted by Crippen LogP contribution is -2.31. The molecule has 1 aromatic rings. The molecule has 116 valence electrons. The van der Waals surface area contributed by atoms with Crippen LogP contribution in [0, 0.1) is 17.8 Å². The van der Waals surface area contributed by atoms with Crippen LogP contribution >= 0.6 is 0 Å². The second kappa shape index (κ2) is 6.11. The van der Waals surface area contributed by atoms with Gasteiger partial charge in [0.1, 0.15) is 0 Å². The third-order valence-electron chi connectivity index (χ3n) is 5.04. The molecule has 1 aromatic heterocycles. The average Bonchev–Trinajstić information content (AvgIpc) is 3.20. The normalized spacial score (nSPS) is 27.5. The summed E-state index contributed by atoms with van der Waals surface area (Å²) in [5, 5.41) is 7.75. The molecule has 7 heteroatoms. The van der Waals surface area contributed by atoms with Crippen molar-refractivity contribution in [2.75, 3.05) is 20.1 Å². The minimum atomic E-state index is -0.406. The first kappa shape index (κ1) is 14.5. The van der Waals surface area contributed by atoms with E-state index in [9.17, 15) is 4.79 Å². The zero-order valence-electron chi connectivity index (χ0n) is 12.5. The van der Waals surface area contributed by atoms with Gasteiger partial charge in [0.25, 0.3) is 5.91 Å². The van der Waals surface area contributed by atoms with Crippen LogP contribution in [-0.2, 0) is 6.54 Å². The molecule has 21 heavy (non-hydrogen) atoms. The standard InChI is InChI=1S/C14H24N6O/c1-19(8-12-7-10-2-3-11(12)6-10)4-5-20-9-13(17-18-20)14(21)16-15/h9-12H,2-8,15H2,1H3,(H,16,21). The number of hydrazine groups is 1. The van der Waals surface area contributed by atoms with Gasteiger partial charge in [0.05, 0.1) is 12.7 Å². The van der Waals surface area contributed by atoms with Gasteiger partial charge in [-0.25, -0.2) is 5.84 Å². The summed E-state index contributed by atoms with van der Waals surface area (Å²) in [6.45, 7) is 2.83. The second-order valence-electron chi connectivity index (χ2n) is 6.54. The van der Waals surface area contributed by atoms with Gasteiger partial charge in [0, 0.05) is 13.1 Å². The van der Waals surface area contributed by atoms with Crippen molar-refractivity contribution < 1.29 is 4.79 Å². The summed E-state index contributed by atoms with van der Waals surface area (Å²) in [5.74, 6) is 7.51. The van der Waals surface area contributed by atoms with E-state index >= 15 is 0 Å². The molecule has 2 aliphatic rings. The fourth-order valence-electron chi connectivity index (χ4n) is 3.95. The lowest BCUT2D eigenvalue weighted by molar-refractivity contribution is 0.0948. The van der Waals surface area contributed by atoms with E-state index in [1.54, 1.807) is 10.9 Å². The SMILES string of the molecule is CN(CCn1cc(C(=O)NN)nn1)CC1CC2CCC1C2. The number of hydrogen-bond acceptors (Lipinski definition) is 5. The van der Waals surface area contributed by atoms with E-state index in [2.05, 4.69) is 27.7 Å². The lowest BCUT2D eigenvalue weighted by Gasteiger charge is -2.27. The van der Waals surface area contributed by atoms with E-state index in [1.807, 2.05) is 0 Å². The van der Waals surface area contributed by atoms with E-state index in [0.717, 1.165) is 30.8 Å². The number of likely N-dealkylation sites (N-methyl/N-ethyl adjacent to an activating group) is 1. The third kappa shape index (κ3) is 3.24. The van der Waals surface area contributed by atoms with Crippen molar-refractivity contribution in [2.45, 2.75) is 32.2 Å². The lowest BCUT2D eigenvalue weighted by atomic mass is 9.88. The first-order chi connectivity index (χ1) is 10.2. The number of hydrogen-bond donors (Lipinski definition) is 2. The summed E-state index contributed by atoms with van der Waals surface area (Å²) in [5.41, 5.74) is 2.32. The van der Waals surface area contributed by atoms with Crippen LogP contribution in [0.15, 0.2) is 6.20 Å². The molecule has 3 rings (SSSR count). The summed E-state index contributed by atoms with van der Waals surface area (Å²) < 4.78 is 1.70. The minimum absolute atomic E-state index is 0.258. The molecule has 1 amide bonds. The predicted molar refractivity (Wildman–Crippen MR) is 78.1 cm³/mol. The number of carbonyl (C=O) groups is 1. The van der Waals surface area contributed by atoms with Crippen LogP contribution < -0.4 is 11.3 Å². The van der Waals surface area contributed by atoms with Gasteiger partial charge in [-0.1, -0.05) is 11.6 Å². The van der Waals surface area contributed by atoms with Crippen LogP contribution in [0.3, 0.4) is 0 Å². The molecule has 0 saturated heterocycles. The van der Waals surface area contributed by atoms with Gasteiger partial charge in [-0.2, -0.15) is 0 Å². The van der Waals surface area contributed by atoms with E-state index in [4.69, 9.17) is 5.84 Å². The third-order valence-corrected chi connectivity index (χ3v) is 5.04. The maximum Gasteiger partial charge on any atom is 0.287 e. The highest BCUT2D eigenvalue weighted by Crippen LogP contribution is 2.48. The Labute approximate surface area is 124 Å². The molecule has 3 N–H and O–H groups in total. The maximum absolute atomic E-state index is 11.3. The largest absolute Gasteiger partial charge is 0.304 e. The number of nitrogens with one attached hydrogen (secondary N) is 1. The minimum Gasteiger partial charge on any atom is -0.304 e. The van der Waals surface area contributed by atoms with E-state index < -0.39 is 5.91 Å². The van der Waals surface area contributed by atoms with Gasteiger partial charge in [0.2, 0.25) is 0 Å². The van der Waals surface area contributed by atoms with Crippen molar-refractivity contribution in [2.24, 2.45) is 23.6 Å². The molecule has 0 spiro atoms. The van der Waals surface area contributed by atoms with Gasteiger partial charge >= 0.3 is 0 Å². The van der Waals surface area contributed by atoms with Crippen molar-refractivity contribution in [3.05, 3.63) is 11.9 Å². The topological polar surface area (TPSA) is 89.1 Å². The van der Waals surface area contributed by atoms with Crippen LogP contribution in [0.4, 0.5) is 0 Å². The van der Waals surface area contributed by atoms with Crippen molar-refractivity contribution in [3.63, 3.8) is 0 Å². The molecular formula is C14H24N6O. The number of nitrogens with zero attached hydrogens (tertiary/aromatic N) is 4. The highest BCUT2D eigenvalue weighted by atomic mass is 16.2. The Bertz CT molecular complexity index is 501. The molecular weight excluding hydrogens is 268 g/mol. The van der Waals surface area contributed by atoms with Crippen LogP contribution in [0.5, 0.6) is 0 Å². The monoisotopic (exact) mass is 292 g/mol. The number of nitrogen functional groups attached to an aromatic ring is 1. The summed E-state index contributed by atoms with van der Waals surface area (Å²) >= 11 is 0. The van der Waals surface area contributed by atoms with Gasteiger partial charge in [-0.05, 0) is 44.1 Å². The number of aromatic nitrogens is 3. The zero-order chi connectivity index (χ0) is 14.8. The molecule has 0 aliphatic heterocycles. The van der Waals surface area contributed by atoms with Gasteiger partial charge in [-0.3, -0.25) is 14.9 Å². The van der Waals surface area contributed by atoms with E-state index in [-0.39, 0.29) is 5.69 Å². The Morgan fingerprint density at radius 3 is 3.05 bits per heavy atom. The highest BCUT2D eigenvalue weighted by molar-refractivity contribution is 5.91. The van der Waals surface area contributed by atoms with Gasteiger partial charge in [0.15, 0.2) is 5.69 Å². The highest BCUT2D eigenvalue weighted by Gasteiger charge is 2.39. The Morgan fingerprint density at radius 1 is 1.52 bits per heavy atom. The van der Waals surface area contributed by atoms with Gasteiger partial charge < -0.3 is 4.90 Å². The van der Waals surface area contributed by atoms with Crippen LogP contribution in [0.2, 0.25) is 0 Å². The molecule has 0 radical (unpaired) electrons. The number of fused-ring (bicyclic) bond motifs is 2. The summed E-state index contributed by atoms with van der Waals surface area (Å²) in [6, 6.07) is 0. The quantitative estimate of drug-likeness (QED) is 0.446. The van der Waals surface area contributed by atoms with Crippen molar-refractivity contribution in [1.82, 2.24) is 25.3 Å². The predicted octanol–water partition coefficient (Wildman–Crippen LogP) is 0.250. The number of carbonyl (C=O) groups excluding carboxylic acids is 1. The molecule has 2 saturated carbocycles. The molecule has 3 unspecified atom stereocenters. The van der Waals surface area contributed by atoms with E-state index in [0.29, 0.717) is 0 Å². The second-order valence-corrected chi connectivity index (χ2v) is 6.54. The number of amides is 1. The average molecular weight is 292 g/mol. The molecule has 2 fully saturated rings. The zero-order valence-corrected chi connectivity index (χ0v) is 12.5. The fourth-order valence-corrected chi connectivity index (χ4v) is 3.95. The Balaban J connectivity index is 1.44. The molecule has 1 heterocycles. The van der Waals surface area contributed by atoms with Crippen molar-refractivity contribution in [1.29, 1.82) is 0 Å². The Kier molecular flexibility index (Phi) is 4.21. The summed E-state index contributed by atoms with van der Waals surface area (Å²) in [4.78, 5) is 13.7. The van der Waals surface area contributed by atoms with Crippen LogP contribution in [-0.4, -0.2) is 45.9 Å². The molecule has 7 nitrogen and oxygen atoms in total. The molecule has 3 atom stereocenters. The maximum atomic E-state index is 11.3. The van der Waals surface area contributed by atoms with E-state index in [1.165, 1.54) is 32.2 Å². The molecule has 2 aliphatic carbocycles. The molecule has 0 aromatic carbocycles. The first-order valence-electron chi connectivity index (χ1n) is 7.75. The summed E-state index contributed by atoms with van der Waals surface area (Å²) in [7, 11) is 2.16.